The molecule has 1 N–H and O–H groups in total. The highest BCUT2D eigenvalue weighted by Crippen LogP contribution is 2.38. The first kappa shape index (κ1) is 13.7. The number of carbonyl (C=O) groups is 1. The zero-order valence-electron chi connectivity index (χ0n) is 11.9. The van der Waals surface area contributed by atoms with E-state index in [1.807, 2.05) is 19.1 Å². The SMILES string of the molecule is CCC(CC(=O)O)Cn1nnnc1C1Cc2ccccc21. The van der Waals surface area contributed by atoms with Crippen molar-refractivity contribution in [3.63, 3.8) is 0 Å². The van der Waals surface area contributed by atoms with Gasteiger partial charge in [-0.1, -0.05) is 37.6 Å². The Labute approximate surface area is 122 Å². The molecule has 0 aliphatic heterocycles. The Morgan fingerprint density at radius 1 is 1.48 bits per heavy atom. The highest BCUT2D eigenvalue weighted by molar-refractivity contribution is 5.66. The second-order valence-corrected chi connectivity index (χ2v) is 5.55. The highest BCUT2D eigenvalue weighted by Gasteiger charge is 2.31. The number of tetrazole rings is 1. The van der Waals surface area contributed by atoms with Gasteiger partial charge in [-0.15, -0.1) is 5.10 Å². The monoisotopic (exact) mass is 286 g/mol. The van der Waals surface area contributed by atoms with Crippen molar-refractivity contribution in [2.45, 2.75) is 38.6 Å². The summed E-state index contributed by atoms with van der Waals surface area (Å²) in [7, 11) is 0. The van der Waals surface area contributed by atoms with Gasteiger partial charge in [0.05, 0.1) is 5.92 Å². The van der Waals surface area contributed by atoms with Crippen LogP contribution in [0.25, 0.3) is 0 Å². The first-order valence-electron chi connectivity index (χ1n) is 7.24. The lowest BCUT2D eigenvalue weighted by Gasteiger charge is -2.29. The van der Waals surface area contributed by atoms with Crippen LogP contribution in [-0.2, 0) is 17.8 Å². The summed E-state index contributed by atoms with van der Waals surface area (Å²) in [6.07, 6.45) is 1.90. The fourth-order valence-electron chi connectivity index (χ4n) is 2.91. The third kappa shape index (κ3) is 2.66. The molecule has 2 unspecified atom stereocenters. The molecule has 0 spiro atoms. The molecule has 1 aliphatic rings. The topological polar surface area (TPSA) is 80.9 Å². The summed E-state index contributed by atoms with van der Waals surface area (Å²) in [4.78, 5) is 10.9. The van der Waals surface area contributed by atoms with Crippen LogP contribution >= 0.6 is 0 Å². The van der Waals surface area contributed by atoms with Crippen LogP contribution in [-0.4, -0.2) is 31.3 Å². The molecule has 21 heavy (non-hydrogen) atoms. The number of aliphatic carboxylic acids is 1. The third-order valence-corrected chi connectivity index (χ3v) is 4.20. The first-order chi connectivity index (χ1) is 10.2. The zero-order valence-corrected chi connectivity index (χ0v) is 11.9. The predicted molar refractivity (Wildman–Crippen MR) is 75.8 cm³/mol. The standard InChI is InChI=1S/C15H18N4O2/c1-2-10(7-14(20)21)9-19-15(16-17-18-19)13-8-11-5-3-4-6-12(11)13/h3-6,10,13H,2,7-9H2,1H3,(H,20,21). The average Bonchev–Trinajstić information content (AvgIpc) is 2.87. The summed E-state index contributed by atoms with van der Waals surface area (Å²) in [5.41, 5.74) is 2.62. The molecule has 0 fully saturated rings. The normalized spacial score (nSPS) is 17.9. The van der Waals surface area contributed by atoms with E-state index in [-0.39, 0.29) is 18.3 Å². The van der Waals surface area contributed by atoms with E-state index >= 15 is 0 Å². The van der Waals surface area contributed by atoms with E-state index in [1.165, 1.54) is 11.1 Å². The number of hydrogen-bond acceptors (Lipinski definition) is 4. The van der Waals surface area contributed by atoms with Crippen molar-refractivity contribution in [3.8, 4) is 0 Å². The summed E-state index contributed by atoms with van der Waals surface area (Å²) < 4.78 is 1.78. The van der Waals surface area contributed by atoms with Gasteiger partial charge in [-0.3, -0.25) is 4.79 Å². The second-order valence-electron chi connectivity index (χ2n) is 5.55. The molecule has 0 saturated carbocycles. The summed E-state index contributed by atoms with van der Waals surface area (Å²) in [5.74, 6) is 0.363. The number of carboxylic acid groups (broad SMARTS) is 1. The lowest BCUT2D eigenvalue weighted by atomic mass is 9.77. The van der Waals surface area contributed by atoms with E-state index in [4.69, 9.17) is 5.11 Å². The van der Waals surface area contributed by atoms with Crippen molar-refractivity contribution < 1.29 is 9.90 Å². The number of nitrogens with zero attached hydrogens (tertiary/aromatic N) is 4. The Morgan fingerprint density at radius 2 is 2.29 bits per heavy atom. The van der Waals surface area contributed by atoms with Gasteiger partial charge in [0.2, 0.25) is 0 Å². The fourth-order valence-corrected chi connectivity index (χ4v) is 2.91. The van der Waals surface area contributed by atoms with Gasteiger partial charge < -0.3 is 5.11 Å². The molecule has 110 valence electrons. The largest absolute Gasteiger partial charge is 0.481 e. The summed E-state index contributed by atoms with van der Waals surface area (Å²) in [6, 6.07) is 8.30. The Kier molecular flexibility index (Phi) is 3.68. The van der Waals surface area contributed by atoms with Crippen LogP contribution in [0.1, 0.15) is 42.6 Å². The molecular formula is C15H18N4O2. The summed E-state index contributed by atoms with van der Waals surface area (Å²) in [5, 5.41) is 20.9. The van der Waals surface area contributed by atoms with Gasteiger partial charge in [0.15, 0.2) is 5.82 Å². The van der Waals surface area contributed by atoms with Crippen molar-refractivity contribution in [2.24, 2.45) is 5.92 Å². The van der Waals surface area contributed by atoms with Crippen LogP contribution in [0.5, 0.6) is 0 Å². The van der Waals surface area contributed by atoms with Crippen LogP contribution in [0.15, 0.2) is 24.3 Å². The quantitative estimate of drug-likeness (QED) is 0.876. The number of rotatable bonds is 6. The maximum absolute atomic E-state index is 10.9. The predicted octanol–water partition coefficient (Wildman–Crippen LogP) is 1.86. The van der Waals surface area contributed by atoms with Crippen molar-refractivity contribution >= 4 is 5.97 Å². The Bertz CT molecular complexity index is 653. The first-order valence-corrected chi connectivity index (χ1v) is 7.24. The fraction of sp³-hybridized carbons (Fsp3) is 0.467. The molecule has 1 aromatic heterocycles. The van der Waals surface area contributed by atoms with Crippen LogP contribution in [0.3, 0.4) is 0 Å². The van der Waals surface area contributed by atoms with Crippen LogP contribution in [0.2, 0.25) is 0 Å². The molecule has 1 aliphatic carbocycles. The van der Waals surface area contributed by atoms with Gasteiger partial charge in [0, 0.05) is 13.0 Å². The second kappa shape index (κ2) is 5.63. The molecule has 0 saturated heterocycles. The zero-order chi connectivity index (χ0) is 14.8. The number of benzene rings is 1. The van der Waals surface area contributed by atoms with Crippen molar-refractivity contribution in [2.75, 3.05) is 0 Å². The molecule has 1 aromatic carbocycles. The molecule has 0 radical (unpaired) electrons. The molecule has 0 bridgehead atoms. The maximum Gasteiger partial charge on any atom is 0.303 e. The molecule has 2 atom stereocenters. The van der Waals surface area contributed by atoms with E-state index < -0.39 is 5.97 Å². The minimum Gasteiger partial charge on any atom is -0.481 e. The van der Waals surface area contributed by atoms with Crippen molar-refractivity contribution in [3.05, 3.63) is 41.2 Å². The van der Waals surface area contributed by atoms with Crippen LogP contribution < -0.4 is 0 Å². The van der Waals surface area contributed by atoms with Gasteiger partial charge in [0.25, 0.3) is 0 Å². The highest BCUT2D eigenvalue weighted by atomic mass is 16.4. The molecular weight excluding hydrogens is 268 g/mol. The van der Waals surface area contributed by atoms with E-state index in [1.54, 1.807) is 4.68 Å². The maximum atomic E-state index is 10.9. The number of carboxylic acids is 1. The summed E-state index contributed by atoms with van der Waals surface area (Å²) in [6.45, 7) is 2.56. The van der Waals surface area contributed by atoms with Crippen molar-refractivity contribution in [1.82, 2.24) is 20.2 Å². The van der Waals surface area contributed by atoms with E-state index in [9.17, 15) is 4.79 Å². The van der Waals surface area contributed by atoms with E-state index in [2.05, 4.69) is 27.7 Å². The summed E-state index contributed by atoms with van der Waals surface area (Å²) >= 11 is 0. The average molecular weight is 286 g/mol. The molecule has 6 heteroatoms. The Morgan fingerprint density at radius 3 is 3.00 bits per heavy atom. The minimum atomic E-state index is -0.773. The molecule has 0 amide bonds. The number of hydrogen-bond donors (Lipinski definition) is 1. The molecule has 6 nitrogen and oxygen atoms in total. The minimum absolute atomic E-state index is 0.0556. The van der Waals surface area contributed by atoms with Crippen molar-refractivity contribution in [1.29, 1.82) is 0 Å². The lowest BCUT2D eigenvalue weighted by Crippen LogP contribution is -2.24. The van der Waals surface area contributed by atoms with Gasteiger partial charge >= 0.3 is 5.97 Å². The smallest absolute Gasteiger partial charge is 0.303 e. The van der Waals surface area contributed by atoms with Crippen LogP contribution in [0, 0.1) is 5.92 Å². The van der Waals surface area contributed by atoms with Crippen LogP contribution in [0.4, 0.5) is 0 Å². The number of aromatic nitrogens is 4. The van der Waals surface area contributed by atoms with E-state index in [0.29, 0.717) is 6.54 Å². The molecule has 2 aromatic rings. The van der Waals surface area contributed by atoms with E-state index in [0.717, 1.165) is 18.7 Å². The van der Waals surface area contributed by atoms with Gasteiger partial charge in [-0.05, 0) is 33.9 Å². The van der Waals surface area contributed by atoms with Gasteiger partial charge in [-0.2, -0.15) is 0 Å². The lowest BCUT2D eigenvalue weighted by molar-refractivity contribution is -0.138. The van der Waals surface area contributed by atoms with Gasteiger partial charge in [0.1, 0.15) is 0 Å². The third-order valence-electron chi connectivity index (χ3n) is 4.20. The Hall–Kier alpha value is -2.24. The molecule has 3 rings (SSSR count). The molecule has 1 heterocycles. The number of fused-ring (bicyclic) bond motifs is 1. The Balaban J connectivity index is 1.78. The van der Waals surface area contributed by atoms with Gasteiger partial charge in [-0.25, -0.2) is 4.68 Å².